The molecule has 0 aliphatic heterocycles. The molecule has 0 saturated heterocycles. The van der Waals surface area contributed by atoms with E-state index in [1.807, 2.05) is 6.07 Å². The summed E-state index contributed by atoms with van der Waals surface area (Å²) >= 11 is 3.56. The Morgan fingerprint density at radius 2 is 2.00 bits per heavy atom. The van der Waals surface area contributed by atoms with Gasteiger partial charge in [-0.15, -0.1) is 0 Å². The minimum absolute atomic E-state index is 0.0578. The Bertz CT molecular complexity index is 505. The van der Waals surface area contributed by atoms with Crippen LogP contribution in [0.25, 0.3) is 0 Å². The van der Waals surface area contributed by atoms with Crippen LogP contribution in [-0.4, -0.2) is 14.2 Å². The predicted molar refractivity (Wildman–Crippen MR) is 83.1 cm³/mol. The summed E-state index contributed by atoms with van der Waals surface area (Å²) in [5, 5.41) is 0. The highest BCUT2D eigenvalue weighted by Gasteiger charge is 2.43. The lowest BCUT2D eigenvalue weighted by Crippen LogP contribution is -2.26. The second-order valence-corrected chi connectivity index (χ2v) is 6.86. The van der Waals surface area contributed by atoms with Crippen molar-refractivity contribution in [3.63, 3.8) is 0 Å². The molecule has 20 heavy (non-hydrogen) atoms. The molecule has 0 amide bonds. The summed E-state index contributed by atoms with van der Waals surface area (Å²) in [6.45, 7) is 0. The van der Waals surface area contributed by atoms with Crippen LogP contribution in [-0.2, 0) is 0 Å². The lowest BCUT2D eigenvalue weighted by Gasteiger charge is -2.29. The van der Waals surface area contributed by atoms with Gasteiger partial charge in [-0.05, 0) is 65.1 Å². The lowest BCUT2D eigenvalue weighted by molar-refractivity contribution is 0.278. The van der Waals surface area contributed by atoms with Gasteiger partial charge in [-0.1, -0.05) is 6.42 Å². The molecule has 2 saturated carbocycles. The third kappa shape index (κ3) is 2.23. The van der Waals surface area contributed by atoms with Gasteiger partial charge in [0.1, 0.15) is 16.0 Å². The highest BCUT2D eigenvalue weighted by Crippen LogP contribution is 2.53. The summed E-state index contributed by atoms with van der Waals surface area (Å²) in [4.78, 5) is 0. The largest absolute Gasteiger partial charge is 0.495 e. The van der Waals surface area contributed by atoms with Gasteiger partial charge in [-0.3, -0.25) is 0 Å². The summed E-state index contributed by atoms with van der Waals surface area (Å²) in [5.74, 6) is 3.91. The Kier molecular flexibility index (Phi) is 3.95. The van der Waals surface area contributed by atoms with Crippen LogP contribution in [0, 0.1) is 17.8 Å². The minimum Gasteiger partial charge on any atom is -0.495 e. The molecule has 4 heteroatoms. The van der Waals surface area contributed by atoms with E-state index in [-0.39, 0.29) is 6.04 Å². The number of hydrogen-bond donors (Lipinski definition) is 1. The van der Waals surface area contributed by atoms with Crippen LogP contribution in [0.1, 0.15) is 37.3 Å². The van der Waals surface area contributed by atoms with Crippen molar-refractivity contribution in [1.82, 2.24) is 0 Å². The number of rotatable bonds is 4. The zero-order valence-electron chi connectivity index (χ0n) is 12.1. The van der Waals surface area contributed by atoms with E-state index >= 15 is 0 Å². The van der Waals surface area contributed by atoms with Crippen LogP contribution in [0.5, 0.6) is 11.5 Å². The maximum atomic E-state index is 6.58. The van der Waals surface area contributed by atoms with Crippen molar-refractivity contribution in [2.24, 2.45) is 23.5 Å². The number of benzene rings is 1. The third-order valence-corrected chi connectivity index (χ3v) is 5.88. The normalized spacial score (nSPS) is 29.5. The van der Waals surface area contributed by atoms with Gasteiger partial charge in [0.15, 0.2) is 0 Å². The van der Waals surface area contributed by atoms with Crippen LogP contribution >= 0.6 is 15.9 Å². The maximum Gasteiger partial charge on any atom is 0.141 e. The van der Waals surface area contributed by atoms with E-state index in [0.29, 0.717) is 5.92 Å². The molecule has 1 aromatic carbocycles. The molecule has 2 N–H and O–H groups in total. The number of hydrogen-bond acceptors (Lipinski definition) is 3. The minimum atomic E-state index is 0.0578. The molecule has 110 valence electrons. The van der Waals surface area contributed by atoms with Crippen molar-refractivity contribution in [3.05, 3.63) is 22.2 Å². The van der Waals surface area contributed by atoms with Crippen LogP contribution < -0.4 is 15.2 Å². The summed E-state index contributed by atoms with van der Waals surface area (Å²) < 4.78 is 11.8. The molecular formula is C16H22BrNO2. The van der Waals surface area contributed by atoms with E-state index in [1.54, 1.807) is 14.2 Å². The van der Waals surface area contributed by atoms with E-state index in [9.17, 15) is 0 Å². The van der Waals surface area contributed by atoms with E-state index in [1.165, 1.54) is 25.7 Å². The SMILES string of the molecule is COc1ccc(C(N)C2CC3CCC2C3)c(OC)c1Br. The van der Waals surface area contributed by atoms with Gasteiger partial charge in [0.25, 0.3) is 0 Å². The van der Waals surface area contributed by atoms with Crippen molar-refractivity contribution in [2.45, 2.75) is 31.7 Å². The summed E-state index contributed by atoms with van der Waals surface area (Å²) in [7, 11) is 3.35. The molecule has 0 radical (unpaired) electrons. The molecule has 0 spiro atoms. The van der Waals surface area contributed by atoms with Gasteiger partial charge < -0.3 is 15.2 Å². The predicted octanol–water partition coefficient (Wildman–Crippen LogP) is 3.90. The molecule has 2 aliphatic carbocycles. The Labute approximate surface area is 129 Å². The first-order chi connectivity index (χ1) is 9.65. The molecule has 2 fully saturated rings. The van der Waals surface area contributed by atoms with Crippen molar-refractivity contribution in [2.75, 3.05) is 14.2 Å². The molecule has 3 rings (SSSR count). The second-order valence-electron chi connectivity index (χ2n) is 6.07. The molecule has 2 bridgehead atoms. The fraction of sp³-hybridized carbons (Fsp3) is 0.625. The van der Waals surface area contributed by atoms with Gasteiger partial charge in [0.2, 0.25) is 0 Å². The average molecular weight is 340 g/mol. The topological polar surface area (TPSA) is 44.5 Å². The molecule has 0 heterocycles. The van der Waals surface area contributed by atoms with Crippen LogP contribution in [0.15, 0.2) is 16.6 Å². The first-order valence-electron chi connectivity index (χ1n) is 7.31. The molecular weight excluding hydrogens is 318 g/mol. The number of ether oxygens (including phenoxy) is 2. The first kappa shape index (κ1) is 14.2. The van der Waals surface area contributed by atoms with Crippen molar-refractivity contribution in [1.29, 1.82) is 0 Å². The van der Waals surface area contributed by atoms with Crippen LogP contribution in [0.2, 0.25) is 0 Å². The Morgan fingerprint density at radius 1 is 1.20 bits per heavy atom. The first-order valence-corrected chi connectivity index (χ1v) is 8.11. The third-order valence-electron chi connectivity index (χ3n) is 5.13. The van der Waals surface area contributed by atoms with Crippen molar-refractivity contribution < 1.29 is 9.47 Å². The number of fused-ring (bicyclic) bond motifs is 2. The van der Waals surface area contributed by atoms with Gasteiger partial charge in [-0.2, -0.15) is 0 Å². The highest BCUT2D eigenvalue weighted by molar-refractivity contribution is 9.10. The number of halogens is 1. The van der Waals surface area contributed by atoms with E-state index in [2.05, 4.69) is 22.0 Å². The van der Waals surface area contributed by atoms with Crippen LogP contribution in [0.3, 0.4) is 0 Å². The summed E-state index contributed by atoms with van der Waals surface area (Å²) in [6.07, 6.45) is 5.40. The molecule has 0 aromatic heterocycles. The van der Waals surface area contributed by atoms with Crippen molar-refractivity contribution >= 4 is 15.9 Å². The molecule has 4 atom stereocenters. The fourth-order valence-corrected chi connectivity index (χ4v) is 4.83. The van der Waals surface area contributed by atoms with Gasteiger partial charge in [-0.25, -0.2) is 0 Å². The molecule has 2 aliphatic rings. The van der Waals surface area contributed by atoms with E-state index in [0.717, 1.165) is 33.4 Å². The summed E-state index contributed by atoms with van der Waals surface area (Å²) in [5.41, 5.74) is 7.68. The second kappa shape index (κ2) is 5.57. The Hall–Kier alpha value is -0.740. The summed E-state index contributed by atoms with van der Waals surface area (Å²) in [6, 6.07) is 4.08. The van der Waals surface area contributed by atoms with Gasteiger partial charge in [0.05, 0.1) is 14.2 Å². The van der Waals surface area contributed by atoms with E-state index in [4.69, 9.17) is 15.2 Å². The standard InChI is InChI=1S/C16H22BrNO2/c1-19-13-6-5-11(16(20-2)14(13)17)15(18)12-8-9-3-4-10(12)7-9/h5-6,9-10,12,15H,3-4,7-8,18H2,1-2H3. The fourth-order valence-electron chi connectivity index (χ4n) is 4.14. The molecule has 1 aromatic rings. The number of methoxy groups -OCH3 is 2. The average Bonchev–Trinajstić information content (AvgIpc) is 3.08. The number of nitrogens with two attached hydrogens (primary N) is 1. The Morgan fingerprint density at radius 3 is 2.55 bits per heavy atom. The monoisotopic (exact) mass is 339 g/mol. The molecule has 3 nitrogen and oxygen atoms in total. The molecule has 4 unspecified atom stereocenters. The van der Waals surface area contributed by atoms with Crippen LogP contribution in [0.4, 0.5) is 0 Å². The highest BCUT2D eigenvalue weighted by atomic mass is 79.9. The quantitative estimate of drug-likeness (QED) is 0.904. The van der Waals surface area contributed by atoms with Crippen molar-refractivity contribution in [3.8, 4) is 11.5 Å². The smallest absolute Gasteiger partial charge is 0.141 e. The lowest BCUT2D eigenvalue weighted by atomic mass is 9.80. The van der Waals surface area contributed by atoms with Gasteiger partial charge >= 0.3 is 0 Å². The van der Waals surface area contributed by atoms with Gasteiger partial charge in [0, 0.05) is 11.6 Å². The maximum absolute atomic E-state index is 6.58. The Balaban J connectivity index is 1.91. The zero-order valence-corrected chi connectivity index (χ0v) is 13.7. The van der Waals surface area contributed by atoms with E-state index < -0.39 is 0 Å². The zero-order chi connectivity index (χ0) is 14.3.